The van der Waals surface area contributed by atoms with Crippen molar-refractivity contribution >= 4 is 28.7 Å². The van der Waals surface area contributed by atoms with Gasteiger partial charge in [0.15, 0.2) is 16.6 Å². The van der Waals surface area contributed by atoms with Crippen molar-refractivity contribution in [1.82, 2.24) is 29.5 Å². The van der Waals surface area contributed by atoms with Crippen molar-refractivity contribution in [1.29, 1.82) is 0 Å². The first kappa shape index (κ1) is 20.9. The molecule has 0 amide bonds. The number of imidazole rings is 1. The third-order valence-corrected chi connectivity index (χ3v) is 5.66. The lowest BCUT2D eigenvalue weighted by atomic mass is 10.2. The van der Waals surface area contributed by atoms with E-state index in [2.05, 4.69) is 37.2 Å². The number of nitrogens with zero attached hydrogens (tertiary/aromatic N) is 5. The van der Waals surface area contributed by atoms with Crippen LogP contribution in [0.2, 0.25) is 0 Å². The molecule has 10 heteroatoms. The largest absolute Gasteiger partial charge is 0.497 e. The van der Waals surface area contributed by atoms with Crippen LogP contribution in [0.25, 0.3) is 11.2 Å². The molecule has 0 aliphatic carbocycles. The highest BCUT2D eigenvalue weighted by atomic mass is 32.2. The van der Waals surface area contributed by atoms with E-state index in [1.807, 2.05) is 24.3 Å². The Labute approximate surface area is 183 Å². The first-order chi connectivity index (χ1) is 15.2. The van der Waals surface area contributed by atoms with E-state index in [0.29, 0.717) is 35.2 Å². The van der Waals surface area contributed by atoms with E-state index in [4.69, 9.17) is 4.74 Å². The molecule has 9 nitrogen and oxygen atoms in total. The maximum absolute atomic E-state index is 12.7. The number of thioether (sulfide) groups is 1. The lowest BCUT2D eigenvalue weighted by molar-refractivity contribution is 0.414. The van der Waals surface area contributed by atoms with Crippen molar-refractivity contribution in [3.05, 3.63) is 64.6 Å². The van der Waals surface area contributed by atoms with Crippen LogP contribution in [0, 0.1) is 0 Å². The Bertz CT molecular complexity index is 1210. The number of aromatic amines is 1. The zero-order valence-electron chi connectivity index (χ0n) is 17.3. The van der Waals surface area contributed by atoms with Crippen LogP contribution in [0.1, 0.15) is 24.5 Å². The van der Waals surface area contributed by atoms with E-state index < -0.39 is 0 Å². The van der Waals surface area contributed by atoms with E-state index in [-0.39, 0.29) is 5.69 Å². The Kier molecular flexibility index (Phi) is 6.46. The molecule has 0 saturated heterocycles. The van der Waals surface area contributed by atoms with Gasteiger partial charge in [-0.1, -0.05) is 30.8 Å². The Morgan fingerprint density at radius 2 is 1.90 bits per heavy atom. The van der Waals surface area contributed by atoms with Crippen LogP contribution in [0.15, 0.2) is 52.9 Å². The highest BCUT2D eigenvalue weighted by Crippen LogP contribution is 2.24. The highest BCUT2D eigenvalue weighted by molar-refractivity contribution is 7.99. The molecular weight excluding hydrogens is 414 g/mol. The van der Waals surface area contributed by atoms with Gasteiger partial charge in [-0.15, -0.1) is 0 Å². The molecule has 0 fully saturated rings. The Hall–Kier alpha value is -3.40. The van der Waals surface area contributed by atoms with Crippen molar-refractivity contribution in [2.45, 2.75) is 31.6 Å². The SMILES string of the molecule is CCCSc1nc(NCc2ccc(OC)cc2)c2[nH]c(=O)n(Cc3cncnc3)c2n1. The molecule has 0 unspecified atom stereocenters. The maximum atomic E-state index is 12.7. The summed E-state index contributed by atoms with van der Waals surface area (Å²) in [5, 5.41) is 3.98. The number of anilines is 1. The number of fused-ring (bicyclic) bond motifs is 1. The molecule has 0 bridgehead atoms. The van der Waals surface area contributed by atoms with Gasteiger partial charge in [0.2, 0.25) is 0 Å². The van der Waals surface area contributed by atoms with Gasteiger partial charge < -0.3 is 15.0 Å². The van der Waals surface area contributed by atoms with Crippen LogP contribution in [-0.2, 0) is 13.1 Å². The summed E-state index contributed by atoms with van der Waals surface area (Å²) in [6, 6.07) is 7.80. The third kappa shape index (κ3) is 4.85. The van der Waals surface area contributed by atoms with Crippen LogP contribution in [0.3, 0.4) is 0 Å². The normalized spacial score (nSPS) is 11.0. The second-order valence-corrected chi connectivity index (χ2v) is 7.93. The standard InChI is InChI=1S/C21H23N7O2S/c1-3-8-31-20-26-18(24-11-14-4-6-16(30-2)7-5-14)17-19(27-20)28(21(29)25-17)12-15-9-22-13-23-10-15/h4-7,9-10,13H,3,8,11-12H2,1-2H3,(H,25,29)(H,24,26,27). The van der Waals surface area contributed by atoms with E-state index in [0.717, 1.165) is 29.1 Å². The maximum Gasteiger partial charge on any atom is 0.328 e. The zero-order chi connectivity index (χ0) is 21.6. The first-order valence-electron chi connectivity index (χ1n) is 9.92. The van der Waals surface area contributed by atoms with E-state index in [1.165, 1.54) is 6.33 Å². The molecule has 3 heterocycles. The summed E-state index contributed by atoms with van der Waals surface area (Å²) in [5.41, 5.74) is 2.77. The molecule has 2 N–H and O–H groups in total. The molecule has 0 aliphatic heterocycles. The quantitative estimate of drug-likeness (QED) is 0.304. The highest BCUT2D eigenvalue weighted by Gasteiger charge is 2.16. The van der Waals surface area contributed by atoms with Crippen LogP contribution < -0.4 is 15.7 Å². The fourth-order valence-corrected chi connectivity index (χ4v) is 3.76. The lowest BCUT2D eigenvalue weighted by Crippen LogP contribution is -2.18. The molecule has 0 atom stereocenters. The summed E-state index contributed by atoms with van der Waals surface area (Å²) in [6.45, 7) is 2.98. The average molecular weight is 438 g/mol. The fourth-order valence-electron chi connectivity index (χ4n) is 3.07. The van der Waals surface area contributed by atoms with Gasteiger partial charge in [-0.3, -0.25) is 4.57 Å². The molecular formula is C21H23N7O2S. The van der Waals surface area contributed by atoms with Gasteiger partial charge in [-0.05, 0) is 24.1 Å². The van der Waals surface area contributed by atoms with Crippen LogP contribution in [0.4, 0.5) is 5.82 Å². The second-order valence-electron chi connectivity index (χ2n) is 6.87. The number of H-pyrrole nitrogens is 1. The minimum atomic E-state index is -0.252. The number of ether oxygens (including phenoxy) is 1. The van der Waals surface area contributed by atoms with E-state index in [9.17, 15) is 4.79 Å². The van der Waals surface area contributed by atoms with Gasteiger partial charge in [0.05, 0.1) is 13.7 Å². The zero-order valence-corrected chi connectivity index (χ0v) is 18.1. The van der Waals surface area contributed by atoms with Crippen LogP contribution in [-0.4, -0.2) is 42.3 Å². The molecule has 0 saturated carbocycles. The molecule has 0 spiro atoms. The van der Waals surface area contributed by atoms with Crippen molar-refractivity contribution in [3.8, 4) is 5.75 Å². The minimum Gasteiger partial charge on any atom is -0.497 e. The number of rotatable bonds is 9. The van der Waals surface area contributed by atoms with Gasteiger partial charge in [0.1, 0.15) is 17.6 Å². The predicted octanol–water partition coefficient (Wildman–Crippen LogP) is 3.08. The summed E-state index contributed by atoms with van der Waals surface area (Å²) in [5.74, 6) is 2.29. The fraction of sp³-hybridized carbons (Fsp3) is 0.286. The van der Waals surface area contributed by atoms with Crippen molar-refractivity contribution in [2.75, 3.05) is 18.2 Å². The lowest BCUT2D eigenvalue weighted by Gasteiger charge is -2.10. The number of aromatic nitrogens is 6. The van der Waals surface area contributed by atoms with E-state index >= 15 is 0 Å². The summed E-state index contributed by atoms with van der Waals surface area (Å²) in [7, 11) is 1.64. The molecule has 160 valence electrons. The summed E-state index contributed by atoms with van der Waals surface area (Å²) < 4.78 is 6.80. The first-order valence-corrected chi connectivity index (χ1v) is 10.9. The Morgan fingerprint density at radius 1 is 1.13 bits per heavy atom. The van der Waals surface area contributed by atoms with Gasteiger partial charge in [0, 0.05) is 30.3 Å². The van der Waals surface area contributed by atoms with Gasteiger partial charge in [-0.25, -0.2) is 24.7 Å². The smallest absolute Gasteiger partial charge is 0.328 e. The van der Waals surface area contributed by atoms with Crippen LogP contribution in [0.5, 0.6) is 5.75 Å². The number of hydrogen-bond acceptors (Lipinski definition) is 8. The monoisotopic (exact) mass is 437 g/mol. The topological polar surface area (TPSA) is 111 Å². The molecule has 4 rings (SSSR count). The molecule has 3 aromatic heterocycles. The van der Waals surface area contributed by atoms with Crippen LogP contribution >= 0.6 is 11.8 Å². The number of benzene rings is 1. The average Bonchev–Trinajstić information content (AvgIpc) is 3.12. The van der Waals surface area contributed by atoms with Crippen molar-refractivity contribution in [2.24, 2.45) is 0 Å². The third-order valence-electron chi connectivity index (χ3n) is 4.61. The molecule has 0 aliphatic rings. The second kappa shape index (κ2) is 9.61. The number of hydrogen-bond donors (Lipinski definition) is 2. The Morgan fingerprint density at radius 3 is 2.61 bits per heavy atom. The predicted molar refractivity (Wildman–Crippen MR) is 121 cm³/mol. The summed E-state index contributed by atoms with van der Waals surface area (Å²) >= 11 is 1.57. The number of methoxy groups -OCH3 is 1. The molecule has 4 aromatic rings. The van der Waals surface area contributed by atoms with Crippen molar-refractivity contribution in [3.63, 3.8) is 0 Å². The number of nitrogens with one attached hydrogen (secondary N) is 2. The summed E-state index contributed by atoms with van der Waals surface area (Å²) in [4.78, 5) is 33.0. The van der Waals surface area contributed by atoms with Gasteiger partial charge >= 0.3 is 5.69 Å². The molecule has 1 aromatic carbocycles. The van der Waals surface area contributed by atoms with Crippen molar-refractivity contribution < 1.29 is 4.74 Å². The minimum absolute atomic E-state index is 0.252. The van der Waals surface area contributed by atoms with E-state index in [1.54, 1.807) is 35.8 Å². The molecule has 0 radical (unpaired) electrons. The molecule has 31 heavy (non-hydrogen) atoms. The van der Waals surface area contributed by atoms with Gasteiger partial charge in [-0.2, -0.15) is 0 Å². The summed E-state index contributed by atoms with van der Waals surface area (Å²) in [6.07, 6.45) is 5.84. The Balaban J connectivity index is 1.68. The van der Waals surface area contributed by atoms with Gasteiger partial charge in [0.25, 0.3) is 0 Å².